The van der Waals surface area contributed by atoms with Crippen molar-refractivity contribution >= 4 is 35.0 Å². The van der Waals surface area contributed by atoms with Crippen LogP contribution in [0, 0.1) is 0 Å². The van der Waals surface area contributed by atoms with Crippen LogP contribution in [0.15, 0.2) is 36.4 Å². The normalized spacial score (nSPS) is 14.5. The Kier molecular flexibility index (Phi) is 7.38. The smallest absolute Gasteiger partial charge is 0.327 e. The van der Waals surface area contributed by atoms with E-state index in [1.807, 2.05) is 28.0 Å². The average Bonchev–Trinajstić information content (AvgIpc) is 2.76. The monoisotopic (exact) mass is 444 g/mol. The number of hydrogen-bond acceptors (Lipinski definition) is 4. The Morgan fingerprint density at radius 2 is 1.87 bits per heavy atom. The third-order valence-electron chi connectivity index (χ3n) is 5.55. The van der Waals surface area contributed by atoms with Crippen LogP contribution in [0.4, 0.5) is 16.3 Å². The summed E-state index contributed by atoms with van der Waals surface area (Å²) >= 11 is 6.07. The molecule has 0 atom stereocenters. The molecule has 0 bridgehead atoms. The number of hydrogen-bond donors (Lipinski definition) is 1. The molecule has 1 aromatic carbocycles. The molecule has 1 aliphatic heterocycles. The van der Waals surface area contributed by atoms with E-state index >= 15 is 0 Å². The minimum Gasteiger partial charge on any atom is -0.480 e. The number of piperidine rings is 1. The van der Waals surface area contributed by atoms with Crippen molar-refractivity contribution in [1.29, 1.82) is 0 Å². The summed E-state index contributed by atoms with van der Waals surface area (Å²) in [7, 11) is 1.48. The van der Waals surface area contributed by atoms with Crippen LogP contribution in [-0.2, 0) is 4.79 Å². The lowest BCUT2D eigenvalue weighted by Crippen LogP contribution is -2.50. The molecular weight excluding hydrogens is 416 g/mol. The number of methoxy groups -OCH3 is 1. The standard InChI is InChI=1S/C23H29ClN4O3/c1-15(2)18-7-5-6-8-20(18)28(17-11-13-27(14-12-17)16(3)29)23(30)26-21-10-9-19(24)22(25-21)31-4/h5-10,15,17H,11-14H2,1-4H3,(H,25,26,30). The number of benzene rings is 1. The summed E-state index contributed by atoms with van der Waals surface area (Å²) in [5.74, 6) is 0.926. The molecule has 0 unspecified atom stereocenters. The molecular formula is C23H29ClN4O3. The van der Waals surface area contributed by atoms with Gasteiger partial charge in [-0.2, -0.15) is 4.98 Å². The van der Waals surface area contributed by atoms with E-state index in [9.17, 15) is 9.59 Å². The number of amides is 3. The number of rotatable bonds is 5. The van der Waals surface area contributed by atoms with Crippen molar-refractivity contribution in [3.63, 3.8) is 0 Å². The fraction of sp³-hybridized carbons (Fsp3) is 0.435. The zero-order valence-electron chi connectivity index (χ0n) is 18.4. The van der Waals surface area contributed by atoms with Gasteiger partial charge in [0, 0.05) is 31.7 Å². The van der Waals surface area contributed by atoms with Crippen LogP contribution in [-0.4, -0.2) is 48.1 Å². The Hall–Kier alpha value is -2.80. The van der Waals surface area contributed by atoms with E-state index in [4.69, 9.17) is 16.3 Å². The Morgan fingerprint density at radius 1 is 1.19 bits per heavy atom. The zero-order chi connectivity index (χ0) is 22.5. The summed E-state index contributed by atoms with van der Waals surface area (Å²) in [6.07, 6.45) is 1.41. The van der Waals surface area contributed by atoms with Crippen LogP contribution in [0.5, 0.6) is 5.88 Å². The molecule has 3 amide bonds. The molecule has 1 fully saturated rings. The number of nitrogens with one attached hydrogen (secondary N) is 1. The van der Waals surface area contributed by atoms with Gasteiger partial charge in [-0.3, -0.25) is 15.0 Å². The van der Waals surface area contributed by atoms with Gasteiger partial charge >= 0.3 is 6.03 Å². The lowest BCUT2D eigenvalue weighted by Gasteiger charge is -2.39. The molecule has 2 heterocycles. The summed E-state index contributed by atoms with van der Waals surface area (Å²) in [5.41, 5.74) is 1.96. The second-order valence-electron chi connectivity index (χ2n) is 7.94. The van der Waals surface area contributed by atoms with Crippen LogP contribution in [0.1, 0.15) is 45.1 Å². The lowest BCUT2D eigenvalue weighted by molar-refractivity contribution is -0.129. The molecule has 0 spiro atoms. The van der Waals surface area contributed by atoms with Gasteiger partial charge in [-0.05, 0) is 42.5 Å². The molecule has 1 aliphatic rings. The highest BCUT2D eigenvalue weighted by Gasteiger charge is 2.31. The first-order valence-electron chi connectivity index (χ1n) is 10.5. The van der Waals surface area contributed by atoms with Crippen LogP contribution in [0.3, 0.4) is 0 Å². The minimum atomic E-state index is -0.272. The summed E-state index contributed by atoms with van der Waals surface area (Å²) in [5, 5.41) is 3.27. The molecule has 1 saturated heterocycles. The largest absolute Gasteiger partial charge is 0.480 e. The van der Waals surface area contributed by atoms with Crippen molar-refractivity contribution in [2.45, 2.75) is 45.6 Å². The second-order valence-corrected chi connectivity index (χ2v) is 8.35. The van der Waals surface area contributed by atoms with Gasteiger partial charge in [0.1, 0.15) is 10.8 Å². The highest BCUT2D eigenvalue weighted by atomic mass is 35.5. The van der Waals surface area contributed by atoms with Gasteiger partial charge in [0.25, 0.3) is 0 Å². The molecule has 0 radical (unpaired) electrons. The molecule has 7 nitrogen and oxygen atoms in total. The molecule has 31 heavy (non-hydrogen) atoms. The third kappa shape index (κ3) is 5.28. The molecule has 1 aromatic heterocycles. The zero-order valence-corrected chi connectivity index (χ0v) is 19.1. The SMILES string of the molecule is COc1nc(NC(=O)N(c2ccccc2C(C)C)C2CCN(C(C)=O)CC2)ccc1Cl. The quantitative estimate of drug-likeness (QED) is 0.710. The van der Waals surface area contributed by atoms with Crippen LogP contribution in [0.25, 0.3) is 0 Å². The number of urea groups is 1. The van der Waals surface area contributed by atoms with E-state index < -0.39 is 0 Å². The van der Waals surface area contributed by atoms with E-state index in [-0.39, 0.29) is 29.8 Å². The number of anilines is 2. The first-order valence-corrected chi connectivity index (χ1v) is 10.8. The van der Waals surface area contributed by atoms with Crippen molar-refractivity contribution < 1.29 is 14.3 Å². The summed E-state index contributed by atoms with van der Waals surface area (Å²) in [4.78, 5) is 33.2. The molecule has 1 N–H and O–H groups in total. The fourth-order valence-electron chi connectivity index (χ4n) is 3.91. The second kappa shape index (κ2) is 10.0. The average molecular weight is 445 g/mol. The van der Waals surface area contributed by atoms with E-state index in [1.165, 1.54) is 7.11 Å². The van der Waals surface area contributed by atoms with Crippen molar-refractivity contribution in [1.82, 2.24) is 9.88 Å². The number of carbonyl (C=O) groups is 2. The van der Waals surface area contributed by atoms with Gasteiger partial charge in [-0.25, -0.2) is 4.79 Å². The Balaban J connectivity index is 1.92. The number of aromatic nitrogens is 1. The van der Waals surface area contributed by atoms with Crippen LogP contribution >= 0.6 is 11.6 Å². The van der Waals surface area contributed by atoms with Crippen molar-refractivity contribution in [2.75, 3.05) is 30.4 Å². The summed E-state index contributed by atoms with van der Waals surface area (Å²) in [6.45, 7) is 7.05. The summed E-state index contributed by atoms with van der Waals surface area (Å²) < 4.78 is 5.17. The van der Waals surface area contributed by atoms with Gasteiger partial charge < -0.3 is 9.64 Å². The van der Waals surface area contributed by atoms with Crippen molar-refractivity contribution in [3.8, 4) is 5.88 Å². The number of ether oxygens (including phenoxy) is 1. The number of halogens is 1. The van der Waals surface area contributed by atoms with Crippen LogP contribution < -0.4 is 15.0 Å². The van der Waals surface area contributed by atoms with Crippen LogP contribution in [0.2, 0.25) is 5.02 Å². The van der Waals surface area contributed by atoms with Crippen molar-refractivity contribution in [3.05, 3.63) is 47.0 Å². The predicted molar refractivity (Wildman–Crippen MR) is 123 cm³/mol. The number of carbonyl (C=O) groups excluding carboxylic acids is 2. The van der Waals surface area contributed by atoms with E-state index in [2.05, 4.69) is 30.2 Å². The van der Waals surface area contributed by atoms with E-state index in [0.717, 1.165) is 11.3 Å². The van der Waals surface area contributed by atoms with E-state index in [1.54, 1.807) is 19.1 Å². The number of likely N-dealkylation sites (tertiary alicyclic amines) is 1. The molecule has 0 aliphatic carbocycles. The summed E-state index contributed by atoms with van der Waals surface area (Å²) in [6, 6.07) is 10.9. The van der Waals surface area contributed by atoms with Gasteiger partial charge in [0.2, 0.25) is 11.8 Å². The highest BCUT2D eigenvalue weighted by Crippen LogP contribution is 2.32. The third-order valence-corrected chi connectivity index (χ3v) is 5.84. The van der Waals surface area contributed by atoms with Gasteiger partial charge in [0.05, 0.1) is 7.11 Å². The molecule has 0 saturated carbocycles. The predicted octanol–water partition coefficient (Wildman–Crippen LogP) is 4.92. The van der Waals surface area contributed by atoms with Gasteiger partial charge in [0.15, 0.2) is 0 Å². The number of para-hydroxylation sites is 1. The molecule has 3 rings (SSSR count). The molecule has 2 aromatic rings. The number of pyridine rings is 1. The van der Waals surface area contributed by atoms with E-state index in [0.29, 0.717) is 36.8 Å². The fourth-order valence-corrected chi connectivity index (χ4v) is 4.09. The maximum absolute atomic E-state index is 13.5. The maximum Gasteiger partial charge on any atom is 0.327 e. The van der Waals surface area contributed by atoms with Crippen molar-refractivity contribution in [2.24, 2.45) is 0 Å². The maximum atomic E-state index is 13.5. The number of nitrogens with zero attached hydrogens (tertiary/aromatic N) is 3. The minimum absolute atomic E-state index is 0.0373. The van der Waals surface area contributed by atoms with Gasteiger partial charge in [-0.1, -0.05) is 43.6 Å². The molecule has 166 valence electrons. The van der Waals surface area contributed by atoms with Gasteiger partial charge in [-0.15, -0.1) is 0 Å². The topological polar surface area (TPSA) is 74.8 Å². The lowest BCUT2D eigenvalue weighted by atomic mass is 9.97. The Morgan fingerprint density at radius 3 is 2.48 bits per heavy atom. The Bertz CT molecular complexity index is 942. The Labute approximate surface area is 188 Å². The molecule has 8 heteroatoms. The first kappa shape index (κ1) is 22.9. The highest BCUT2D eigenvalue weighted by molar-refractivity contribution is 6.31. The first-order chi connectivity index (χ1) is 14.8.